The van der Waals surface area contributed by atoms with Gasteiger partial charge in [-0.05, 0) is 12.8 Å². The lowest BCUT2D eigenvalue weighted by Crippen LogP contribution is -1.84. The van der Waals surface area contributed by atoms with Gasteiger partial charge < -0.3 is 0 Å². The maximum atomic E-state index is 5.90. The Morgan fingerprint density at radius 1 is 0.478 bits per heavy atom. The lowest BCUT2D eigenvalue weighted by atomic mass is 10.0. The molecule has 0 aliphatic heterocycles. The fourth-order valence-corrected chi connectivity index (χ4v) is 3.25. The molecule has 0 fully saturated rings. The highest BCUT2D eigenvalue weighted by molar-refractivity contribution is 6.59. The molecule has 0 heterocycles. The van der Waals surface area contributed by atoms with Crippen LogP contribution in [0.4, 0.5) is 0 Å². The third-order valence-corrected chi connectivity index (χ3v) is 5.48. The second kappa shape index (κ2) is 18.9. The number of unbranched alkanes of at least 4 members (excludes halogenated alkanes) is 15. The van der Waals surface area contributed by atoms with Gasteiger partial charge in [0.05, 0.1) is 0 Å². The molecule has 0 nitrogen and oxygen atoms in total. The van der Waals surface area contributed by atoms with Crippen LogP contribution in [0.15, 0.2) is 9.52 Å². The highest BCUT2D eigenvalue weighted by Gasteiger charge is 1.99. The summed E-state index contributed by atoms with van der Waals surface area (Å²) in [6.07, 6.45) is 22.9. The van der Waals surface area contributed by atoms with Crippen LogP contribution in [0.5, 0.6) is 0 Å². The molecule has 0 aliphatic rings. The fourth-order valence-electron chi connectivity index (χ4n) is 2.92. The predicted molar refractivity (Wildman–Crippen MR) is 109 cm³/mol. The summed E-state index contributed by atoms with van der Waals surface area (Å²) in [6, 6.07) is 0. The molecule has 3 heteroatoms. The number of halogens is 3. The molecule has 0 aromatic rings. The Morgan fingerprint density at radius 3 is 1.09 bits per heavy atom. The monoisotopic (exact) mass is 382 g/mol. The van der Waals surface area contributed by atoms with E-state index in [9.17, 15) is 0 Å². The first-order chi connectivity index (χ1) is 11.2. The lowest BCUT2D eigenvalue weighted by molar-refractivity contribution is 0.530. The lowest BCUT2D eigenvalue weighted by Gasteiger charge is -2.03. The van der Waals surface area contributed by atoms with E-state index in [4.69, 9.17) is 34.8 Å². The van der Waals surface area contributed by atoms with Gasteiger partial charge in [-0.2, -0.15) is 0 Å². The first-order valence-electron chi connectivity index (χ1n) is 9.88. The Bertz CT molecular complexity index is 270. The highest BCUT2D eigenvalue weighted by Crippen LogP contribution is 2.23. The van der Waals surface area contributed by atoms with E-state index < -0.39 is 0 Å². The van der Waals surface area contributed by atoms with Crippen molar-refractivity contribution in [2.24, 2.45) is 0 Å². The highest BCUT2D eigenvalue weighted by atomic mass is 35.5. The van der Waals surface area contributed by atoms with Crippen molar-refractivity contribution in [2.75, 3.05) is 0 Å². The predicted octanol–water partition coefficient (Wildman–Crippen LogP) is 9.52. The van der Waals surface area contributed by atoms with Crippen LogP contribution < -0.4 is 0 Å². The summed E-state index contributed by atoms with van der Waals surface area (Å²) >= 11 is 17.1. The minimum absolute atomic E-state index is 0.229. The van der Waals surface area contributed by atoms with E-state index in [1.807, 2.05) is 0 Å². The normalized spacial score (nSPS) is 11.0. The Morgan fingerprint density at radius 2 is 0.783 bits per heavy atom. The van der Waals surface area contributed by atoms with Gasteiger partial charge in [0.1, 0.15) is 4.49 Å². The van der Waals surface area contributed by atoms with Crippen LogP contribution in [0.3, 0.4) is 0 Å². The second-order valence-electron chi connectivity index (χ2n) is 6.72. The smallest absolute Gasteiger partial charge is 0.0866 e. The minimum Gasteiger partial charge on any atom is -0.0866 e. The number of rotatable bonds is 17. The zero-order valence-corrected chi connectivity index (χ0v) is 17.4. The standard InChI is InChI=1S/C20H37Cl3/c1-2-3-4-5-6-7-8-9-10-11-12-13-14-15-16-17-18-19(21)20(22)23/h2-18H2,1H3. The van der Waals surface area contributed by atoms with Crippen molar-refractivity contribution in [3.05, 3.63) is 9.52 Å². The Labute approximate surface area is 160 Å². The molecule has 0 aromatic carbocycles. The van der Waals surface area contributed by atoms with E-state index in [0.29, 0.717) is 5.03 Å². The zero-order chi connectivity index (χ0) is 17.2. The van der Waals surface area contributed by atoms with Gasteiger partial charge in [0, 0.05) is 5.03 Å². The minimum atomic E-state index is 0.229. The fraction of sp³-hybridized carbons (Fsp3) is 0.900. The van der Waals surface area contributed by atoms with Crippen molar-refractivity contribution in [1.82, 2.24) is 0 Å². The molecule has 0 unspecified atom stereocenters. The van der Waals surface area contributed by atoms with Crippen LogP contribution in [0.25, 0.3) is 0 Å². The molecule has 0 N–H and O–H groups in total. The number of hydrogen-bond donors (Lipinski definition) is 0. The summed E-state index contributed by atoms with van der Waals surface area (Å²) in [5.74, 6) is 0. The molecule has 23 heavy (non-hydrogen) atoms. The van der Waals surface area contributed by atoms with Crippen LogP contribution in [0, 0.1) is 0 Å². The summed E-state index contributed by atoms with van der Waals surface area (Å²) in [5, 5.41) is 0.610. The zero-order valence-electron chi connectivity index (χ0n) is 15.2. The van der Waals surface area contributed by atoms with E-state index in [2.05, 4.69) is 6.92 Å². The summed E-state index contributed by atoms with van der Waals surface area (Å²) in [7, 11) is 0. The number of allylic oxidation sites excluding steroid dienone is 1. The Hall–Kier alpha value is 0.610. The molecule has 0 spiro atoms. The molecular formula is C20H37Cl3. The average molecular weight is 384 g/mol. The summed E-state index contributed by atoms with van der Waals surface area (Å²) < 4.78 is 0.229. The van der Waals surface area contributed by atoms with Crippen molar-refractivity contribution in [1.29, 1.82) is 0 Å². The maximum absolute atomic E-state index is 5.90. The quantitative estimate of drug-likeness (QED) is 0.219. The van der Waals surface area contributed by atoms with E-state index in [0.717, 1.165) is 12.8 Å². The molecule has 0 radical (unpaired) electrons. The maximum Gasteiger partial charge on any atom is 0.121 e. The van der Waals surface area contributed by atoms with E-state index >= 15 is 0 Å². The average Bonchev–Trinajstić information content (AvgIpc) is 2.54. The molecular weight excluding hydrogens is 347 g/mol. The summed E-state index contributed by atoms with van der Waals surface area (Å²) in [4.78, 5) is 0. The van der Waals surface area contributed by atoms with Gasteiger partial charge in [-0.1, -0.05) is 138 Å². The molecule has 138 valence electrons. The van der Waals surface area contributed by atoms with Gasteiger partial charge in [0.2, 0.25) is 0 Å². The summed E-state index contributed by atoms with van der Waals surface area (Å²) in [5.41, 5.74) is 0. The van der Waals surface area contributed by atoms with Crippen LogP contribution in [-0.4, -0.2) is 0 Å². The Balaban J connectivity index is 3.07. The number of hydrogen-bond acceptors (Lipinski definition) is 0. The van der Waals surface area contributed by atoms with Crippen molar-refractivity contribution in [3.63, 3.8) is 0 Å². The summed E-state index contributed by atoms with van der Waals surface area (Å²) in [6.45, 7) is 2.28. The van der Waals surface area contributed by atoms with Gasteiger partial charge in [0.25, 0.3) is 0 Å². The van der Waals surface area contributed by atoms with Crippen molar-refractivity contribution in [3.8, 4) is 0 Å². The van der Waals surface area contributed by atoms with Crippen LogP contribution >= 0.6 is 34.8 Å². The van der Waals surface area contributed by atoms with Gasteiger partial charge in [-0.25, -0.2) is 0 Å². The molecule has 0 amide bonds. The van der Waals surface area contributed by atoms with Crippen LogP contribution in [0.2, 0.25) is 0 Å². The van der Waals surface area contributed by atoms with Gasteiger partial charge in [0.15, 0.2) is 0 Å². The van der Waals surface area contributed by atoms with Crippen molar-refractivity contribution < 1.29 is 0 Å². The van der Waals surface area contributed by atoms with Gasteiger partial charge in [-0.3, -0.25) is 0 Å². The van der Waals surface area contributed by atoms with E-state index in [1.54, 1.807) is 0 Å². The first kappa shape index (κ1) is 23.6. The van der Waals surface area contributed by atoms with Crippen LogP contribution in [0.1, 0.15) is 116 Å². The van der Waals surface area contributed by atoms with Crippen LogP contribution in [-0.2, 0) is 0 Å². The molecule has 0 rings (SSSR count). The first-order valence-corrected chi connectivity index (χ1v) is 11.0. The molecule has 0 aromatic heterocycles. The molecule has 0 aliphatic carbocycles. The van der Waals surface area contributed by atoms with Crippen molar-refractivity contribution >= 4 is 34.8 Å². The van der Waals surface area contributed by atoms with Gasteiger partial charge in [-0.15, -0.1) is 0 Å². The second-order valence-corrected chi connectivity index (χ2v) is 8.12. The SMILES string of the molecule is CCCCCCCCCCCCCCCCCCC(Cl)=C(Cl)Cl. The molecule has 0 saturated carbocycles. The molecule has 0 bridgehead atoms. The topological polar surface area (TPSA) is 0 Å². The van der Waals surface area contributed by atoms with E-state index in [-0.39, 0.29) is 4.49 Å². The van der Waals surface area contributed by atoms with E-state index in [1.165, 1.54) is 96.3 Å². The molecule has 0 saturated heterocycles. The van der Waals surface area contributed by atoms with Crippen molar-refractivity contribution in [2.45, 2.75) is 116 Å². The third kappa shape index (κ3) is 18.8. The van der Waals surface area contributed by atoms with Gasteiger partial charge >= 0.3 is 0 Å². The third-order valence-electron chi connectivity index (χ3n) is 4.45. The largest absolute Gasteiger partial charge is 0.121 e. The molecule has 0 atom stereocenters. The Kier molecular flexibility index (Phi) is 19.4.